The van der Waals surface area contributed by atoms with E-state index in [9.17, 15) is 4.79 Å². The molecule has 1 unspecified atom stereocenters. The van der Waals surface area contributed by atoms with Gasteiger partial charge in [0.1, 0.15) is 0 Å². The molecule has 0 aliphatic carbocycles. The molecule has 3 rings (SSSR count). The van der Waals surface area contributed by atoms with Crippen LogP contribution in [0.2, 0.25) is 0 Å². The zero-order valence-electron chi connectivity index (χ0n) is 11.7. The number of benzene rings is 2. The van der Waals surface area contributed by atoms with Crippen LogP contribution in [-0.4, -0.2) is 11.7 Å². The lowest BCUT2D eigenvalue weighted by Crippen LogP contribution is -2.30. The van der Waals surface area contributed by atoms with Crippen molar-refractivity contribution in [2.75, 3.05) is 5.75 Å². The summed E-state index contributed by atoms with van der Waals surface area (Å²) in [5.74, 6) is 1.04. The highest BCUT2D eigenvalue weighted by molar-refractivity contribution is 9.10. The molecule has 1 heterocycles. The molecule has 2 aromatic rings. The molecule has 0 bridgehead atoms. The minimum atomic E-state index is -0.00250. The number of amides is 1. The van der Waals surface area contributed by atoms with E-state index in [1.807, 2.05) is 49.0 Å². The van der Waals surface area contributed by atoms with Crippen LogP contribution in [0, 0.1) is 6.92 Å². The summed E-state index contributed by atoms with van der Waals surface area (Å²) in [7, 11) is 0. The van der Waals surface area contributed by atoms with E-state index in [-0.39, 0.29) is 11.9 Å². The third-order valence-corrected chi connectivity index (χ3v) is 5.70. The van der Waals surface area contributed by atoms with E-state index in [0.29, 0.717) is 5.56 Å². The maximum absolute atomic E-state index is 12.5. The normalized spacial score (nSPS) is 17.1. The number of carbonyl (C=O) groups is 1. The second-order valence-corrected chi connectivity index (χ2v) is 7.16. The Morgan fingerprint density at radius 3 is 2.90 bits per heavy atom. The summed E-state index contributed by atoms with van der Waals surface area (Å²) >= 11 is 5.33. The number of hydrogen-bond acceptors (Lipinski definition) is 2. The fourth-order valence-electron chi connectivity index (χ4n) is 2.52. The topological polar surface area (TPSA) is 29.1 Å². The second-order valence-electron chi connectivity index (χ2n) is 5.16. The van der Waals surface area contributed by atoms with Crippen LogP contribution in [0.5, 0.6) is 0 Å². The number of halogens is 1. The van der Waals surface area contributed by atoms with Crippen molar-refractivity contribution in [3.63, 3.8) is 0 Å². The standard InChI is InChI=1S/C17H16BrNOS/c1-11-10-12(6-7-14(11)18)17(20)19-15-8-9-21-16-5-3-2-4-13(15)16/h2-7,10,15H,8-9H2,1H3,(H,19,20). The molecule has 1 N–H and O–H groups in total. The highest BCUT2D eigenvalue weighted by Crippen LogP contribution is 2.35. The molecular weight excluding hydrogens is 346 g/mol. The summed E-state index contributed by atoms with van der Waals surface area (Å²) < 4.78 is 1.03. The van der Waals surface area contributed by atoms with Gasteiger partial charge in [-0.3, -0.25) is 4.79 Å². The minimum Gasteiger partial charge on any atom is -0.345 e. The average Bonchev–Trinajstić information content (AvgIpc) is 2.50. The SMILES string of the molecule is Cc1cc(C(=O)NC2CCSc3ccccc32)ccc1Br. The van der Waals surface area contributed by atoms with Gasteiger partial charge < -0.3 is 5.32 Å². The highest BCUT2D eigenvalue weighted by Gasteiger charge is 2.22. The van der Waals surface area contributed by atoms with E-state index in [0.717, 1.165) is 22.2 Å². The molecule has 0 spiro atoms. The van der Waals surface area contributed by atoms with Crippen molar-refractivity contribution in [2.24, 2.45) is 0 Å². The zero-order valence-corrected chi connectivity index (χ0v) is 14.1. The number of carbonyl (C=O) groups excluding carboxylic acids is 1. The molecule has 4 heteroatoms. The van der Waals surface area contributed by atoms with Crippen molar-refractivity contribution in [2.45, 2.75) is 24.3 Å². The summed E-state index contributed by atoms with van der Waals surface area (Å²) in [5, 5.41) is 3.17. The molecule has 0 fully saturated rings. The van der Waals surface area contributed by atoms with E-state index in [1.165, 1.54) is 10.5 Å². The van der Waals surface area contributed by atoms with Crippen molar-refractivity contribution in [1.82, 2.24) is 5.32 Å². The first kappa shape index (κ1) is 14.7. The Hall–Kier alpha value is -1.26. The molecule has 2 aromatic carbocycles. The van der Waals surface area contributed by atoms with Crippen molar-refractivity contribution in [1.29, 1.82) is 0 Å². The van der Waals surface area contributed by atoms with E-state index in [4.69, 9.17) is 0 Å². The van der Waals surface area contributed by atoms with Gasteiger partial charge in [0.15, 0.2) is 0 Å². The minimum absolute atomic E-state index is 0.00250. The number of thioether (sulfide) groups is 1. The van der Waals surface area contributed by atoms with Gasteiger partial charge in [-0.25, -0.2) is 0 Å². The molecule has 1 aliphatic rings. The molecule has 0 saturated carbocycles. The molecule has 1 atom stereocenters. The summed E-state index contributed by atoms with van der Waals surface area (Å²) in [5.41, 5.74) is 3.02. The van der Waals surface area contributed by atoms with Gasteiger partial charge in [-0.05, 0) is 48.7 Å². The van der Waals surface area contributed by atoms with E-state index in [2.05, 4.69) is 33.4 Å². The Balaban J connectivity index is 1.81. The molecule has 2 nitrogen and oxygen atoms in total. The van der Waals surface area contributed by atoms with Gasteiger partial charge in [0.25, 0.3) is 5.91 Å². The van der Waals surface area contributed by atoms with E-state index >= 15 is 0 Å². The first-order chi connectivity index (χ1) is 10.1. The lowest BCUT2D eigenvalue weighted by atomic mass is 10.0. The Bertz CT molecular complexity index is 686. The van der Waals surface area contributed by atoms with Gasteiger partial charge in [0.2, 0.25) is 0 Å². The van der Waals surface area contributed by atoms with Gasteiger partial charge >= 0.3 is 0 Å². The molecule has 1 aliphatic heterocycles. The van der Waals surface area contributed by atoms with Crippen molar-refractivity contribution >= 4 is 33.6 Å². The Morgan fingerprint density at radius 1 is 1.29 bits per heavy atom. The third kappa shape index (κ3) is 3.16. The van der Waals surface area contributed by atoms with Crippen molar-refractivity contribution < 1.29 is 4.79 Å². The fraction of sp³-hybridized carbons (Fsp3) is 0.235. The highest BCUT2D eigenvalue weighted by atomic mass is 79.9. The van der Waals surface area contributed by atoms with Crippen molar-refractivity contribution in [3.8, 4) is 0 Å². The van der Waals surface area contributed by atoms with Gasteiger partial charge in [-0.15, -0.1) is 11.8 Å². The number of rotatable bonds is 2. The maximum atomic E-state index is 12.5. The van der Waals surface area contributed by atoms with Crippen molar-refractivity contribution in [3.05, 3.63) is 63.6 Å². The maximum Gasteiger partial charge on any atom is 0.251 e. The van der Waals surface area contributed by atoms with Gasteiger partial charge in [-0.2, -0.15) is 0 Å². The van der Waals surface area contributed by atoms with Crippen LogP contribution in [0.3, 0.4) is 0 Å². The largest absolute Gasteiger partial charge is 0.345 e. The summed E-state index contributed by atoms with van der Waals surface area (Å²) in [4.78, 5) is 13.7. The molecule has 0 radical (unpaired) electrons. The first-order valence-corrected chi connectivity index (χ1v) is 8.72. The molecule has 0 aromatic heterocycles. The Morgan fingerprint density at radius 2 is 2.10 bits per heavy atom. The predicted molar refractivity (Wildman–Crippen MR) is 90.9 cm³/mol. The lowest BCUT2D eigenvalue weighted by molar-refractivity contribution is 0.0935. The van der Waals surface area contributed by atoms with Crippen LogP contribution in [0.15, 0.2) is 51.8 Å². The van der Waals surface area contributed by atoms with E-state index < -0.39 is 0 Å². The molecule has 0 saturated heterocycles. The Labute approximate surface area is 137 Å². The van der Waals surface area contributed by atoms with Crippen LogP contribution in [0.4, 0.5) is 0 Å². The van der Waals surface area contributed by atoms with E-state index in [1.54, 1.807) is 0 Å². The summed E-state index contributed by atoms with van der Waals surface area (Å²) in [6, 6.07) is 14.1. The monoisotopic (exact) mass is 361 g/mol. The lowest BCUT2D eigenvalue weighted by Gasteiger charge is -2.26. The summed E-state index contributed by atoms with van der Waals surface area (Å²) in [6.45, 7) is 1.99. The quantitative estimate of drug-likeness (QED) is 0.837. The second kappa shape index (κ2) is 6.24. The number of hydrogen-bond donors (Lipinski definition) is 1. The number of nitrogens with one attached hydrogen (secondary N) is 1. The fourth-order valence-corrected chi connectivity index (χ4v) is 3.89. The van der Waals surface area contributed by atoms with Crippen LogP contribution < -0.4 is 5.32 Å². The zero-order chi connectivity index (χ0) is 14.8. The first-order valence-electron chi connectivity index (χ1n) is 6.94. The smallest absolute Gasteiger partial charge is 0.251 e. The van der Waals surface area contributed by atoms with Gasteiger partial charge in [0.05, 0.1) is 6.04 Å². The van der Waals surface area contributed by atoms with Crippen LogP contribution in [-0.2, 0) is 0 Å². The van der Waals surface area contributed by atoms with Gasteiger partial charge in [-0.1, -0.05) is 34.1 Å². The molecular formula is C17H16BrNOS. The van der Waals surface area contributed by atoms with Crippen LogP contribution >= 0.6 is 27.7 Å². The average molecular weight is 362 g/mol. The van der Waals surface area contributed by atoms with Gasteiger partial charge in [0, 0.05) is 20.7 Å². The van der Waals surface area contributed by atoms with Crippen LogP contribution in [0.25, 0.3) is 0 Å². The molecule has 21 heavy (non-hydrogen) atoms. The molecule has 1 amide bonds. The predicted octanol–water partition coefficient (Wildman–Crippen LogP) is 4.72. The molecule has 108 valence electrons. The number of aryl methyl sites for hydroxylation is 1. The summed E-state index contributed by atoms with van der Waals surface area (Å²) in [6.07, 6.45) is 0.975. The number of fused-ring (bicyclic) bond motifs is 1. The Kier molecular flexibility index (Phi) is 4.36. The van der Waals surface area contributed by atoms with Crippen LogP contribution in [0.1, 0.15) is 33.9 Å². The third-order valence-electron chi connectivity index (χ3n) is 3.68.